The first-order valence-electron chi connectivity index (χ1n) is 8.04. The van der Waals surface area contributed by atoms with Gasteiger partial charge in [-0.3, -0.25) is 14.9 Å². The highest BCUT2D eigenvalue weighted by Crippen LogP contribution is 2.25. The number of hydrogen-bond acceptors (Lipinski definition) is 5. The van der Waals surface area contributed by atoms with E-state index in [1.165, 1.54) is 14.2 Å². The summed E-state index contributed by atoms with van der Waals surface area (Å²) in [4.78, 5) is 36.3. The van der Waals surface area contributed by atoms with Gasteiger partial charge in [0.25, 0.3) is 5.91 Å². The summed E-state index contributed by atoms with van der Waals surface area (Å²) >= 11 is 5.97. The summed E-state index contributed by atoms with van der Waals surface area (Å²) in [5, 5.41) is 4.83. The summed E-state index contributed by atoms with van der Waals surface area (Å²) in [6.07, 6.45) is -1.43. The maximum absolute atomic E-state index is 12.4. The predicted molar refractivity (Wildman–Crippen MR) is 99.6 cm³/mol. The van der Waals surface area contributed by atoms with Crippen molar-refractivity contribution in [1.82, 2.24) is 10.6 Å². The van der Waals surface area contributed by atoms with Crippen molar-refractivity contribution in [1.29, 1.82) is 0 Å². The van der Waals surface area contributed by atoms with Crippen LogP contribution in [0.4, 0.5) is 4.79 Å². The maximum atomic E-state index is 12.4. The van der Waals surface area contributed by atoms with Crippen LogP contribution in [0, 0.1) is 0 Å². The number of ether oxygens (including phenoxy) is 2. The summed E-state index contributed by atoms with van der Waals surface area (Å²) < 4.78 is 10.6. The fourth-order valence-electron chi connectivity index (χ4n) is 2.35. The van der Waals surface area contributed by atoms with E-state index in [-0.39, 0.29) is 6.42 Å². The number of amides is 3. The Kier molecular flexibility index (Phi) is 7.19. The van der Waals surface area contributed by atoms with Gasteiger partial charge < -0.3 is 14.8 Å². The van der Waals surface area contributed by atoms with Crippen LogP contribution in [-0.4, -0.2) is 32.1 Å². The molecule has 7 nitrogen and oxygen atoms in total. The molecule has 3 amide bonds. The van der Waals surface area contributed by atoms with Crippen molar-refractivity contribution < 1.29 is 23.9 Å². The van der Waals surface area contributed by atoms with Crippen LogP contribution in [0.25, 0.3) is 0 Å². The first-order valence-corrected chi connectivity index (χ1v) is 8.41. The molecule has 0 saturated carbocycles. The van der Waals surface area contributed by atoms with Gasteiger partial charge in [0.15, 0.2) is 0 Å². The minimum Gasteiger partial charge on any atom is -0.496 e. The number of imide groups is 1. The van der Waals surface area contributed by atoms with Crippen molar-refractivity contribution in [3.8, 4) is 5.75 Å². The fourth-order valence-corrected chi connectivity index (χ4v) is 2.55. The van der Waals surface area contributed by atoms with E-state index in [0.29, 0.717) is 21.9 Å². The van der Waals surface area contributed by atoms with Gasteiger partial charge in [-0.1, -0.05) is 41.9 Å². The Morgan fingerprint density at radius 1 is 1.11 bits per heavy atom. The molecule has 1 atom stereocenters. The third kappa shape index (κ3) is 5.72. The van der Waals surface area contributed by atoms with Gasteiger partial charge in [0.05, 0.1) is 13.5 Å². The third-order valence-corrected chi connectivity index (χ3v) is 3.87. The number of nitrogens with one attached hydrogen (secondary N) is 2. The lowest BCUT2D eigenvalue weighted by atomic mass is 10.1. The average molecular weight is 391 g/mol. The van der Waals surface area contributed by atoms with Crippen molar-refractivity contribution in [3.05, 3.63) is 64.7 Å². The lowest BCUT2D eigenvalue weighted by molar-refractivity contribution is -0.155. The number of carbonyl (C=O) groups excluding carboxylic acids is 3. The second-order valence-electron chi connectivity index (χ2n) is 5.48. The second kappa shape index (κ2) is 9.59. The van der Waals surface area contributed by atoms with Crippen molar-refractivity contribution in [2.45, 2.75) is 12.5 Å². The molecule has 2 aromatic carbocycles. The molecule has 27 heavy (non-hydrogen) atoms. The zero-order chi connectivity index (χ0) is 19.8. The number of halogens is 1. The van der Waals surface area contributed by atoms with Crippen LogP contribution < -0.4 is 15.4 Å². The molecule has 0 bridgehead atoms. The molecule has 0 aliphatic heterocycles. The monoisotopic (exact) mass is 390 g/mol. The van der Waals surface area contributed by atoms with Gasteiger partial charge in [-0.2, -0.15) is 0 Å². The molecule has 0 aliphatic carbocycles. The highest BCUT2D eigenvalue weighted by Gasteiger charge is 2.26. The van der Waals surface area contributed by atoms with Crippen LogP contribution in [0.15, 0.2) is 48.5 Å². The highest BCUT2D eigenvalue weighted by molar-refractivity contribution is 6.30. The topological polar surface area (TPSA) is 93.7 Å². The van der Waals surface area contributed by atoms with Crippen molar-refractivity contribution in [3.63, 3.8) is 0 Å². The Balaban J connectivity index is 2.19. The number of urea groups is 1. The summed E-state index contributed by atoms with van der Waals surface area (Å²) in [5.41, 5.74) is 0.957. The van der Waals surface area contributed by atoms with E-state index in [1.807, 2.05) is 0 Å². The van der Waals surface area contributed by atoms with Crippen molar-refractivity contribution >= 4 is 29.5 Å². The van der Waals surface area contributed by atoms with Crippen LogP contribution >= 0.6 is 11.6 Å². The molecular formula is C19H19ClN2O5. The third-order valence-electron chi connectivity index (χ3n) is 3.63. The first-order chi connectivity index (χ1) is 12.9. The lowest BCUT2D eigenvalue weighted by Gasteiger charge is -2.18. The Bertz CT molecular complexity index is 826. The van der Waals surface area contributed by atoms with E-state index in [1.54, 1.807) is 48.5 Å². The number of carbonyl (C=O) groups is 3. The van der Waals surface area contributed by atoms with E-state index in [2.05, 4.69) is 10.6 Å². The molecule has 2 N–H and O–H groups in total. The minimum absolute atomic E-state index is 0.152. The molecule has 0 radical (unpaired) electrons. The molecule has 0 aliphatic rings. The molecule has 2 aromatic rings. The quantitative estimate of drug-likeness (QED) is 0.739. The van der Waals surface area contributed by atoms with Crippen LogP contribution in [0.1, 0.15) is 17.2 Å². The fraction of sp³-hybridized carbons (Fsp3) is 0.211. The average Bonchev–Trinajstić information content (AvgIpc) is 2.66. The summed E-state index contributed by atoms with van der Waals surface area (Å²) in [6, 6.07) is 12.6. The summed E-state index contributed by atoms with van der Waals surface area (Å²) in [7, 11) is 2.85. The number of methoxy groups -OCH3 is 1. The number of esters is 1. The van der Waals surface area contributed by atoms with Crippen LogP contribution in [0.3, 0.4) is 0 Å². The summed E-state index contributed by atoms with van der Waals surface area (Å²) in [5.74, 6) is -0.953. The number of benzene rings is 2. The van der Waals surface area contributed by atoms with Crippen molar-refractivity contribution in [2.24, 2.45) is 0 Å². The molecular weight excluding hydrogens is 372 g/mol. The van der Waals surface area contributed by atoms with E-state index in [4.69, 9.17) is 21.1 Å². The van der Waals surface area contributed by atoms with E-state index in [9.17, 15) is 14.4 Å². The van der Waals surface area contributed by atoms with E-state index >= 15 is 0 Å². The number of rotatable bonds is 6. The van der Waals surface area contributed by atoms with E-state index in [0.717, 1.165) is 0 Å². The number of hydrogen-bond donors (Lipinski definition) is 2. The van der Waals surface area contributed by atoms with Crippen LogP contribution in [-0.2, 0) is 20.7 Å². The van der Waals surface area contributed by atoms with Gasteiger partial charge in [-0.15, -0.1) is 0 Å². The molecule has 0 spiro atoms. The van der Waals surface area contributed by atoms with E-state index < -0.39 is 24.0 Å². The maximum Gasteiger partial charge on any atom is 0.321 e. The smallest absolute Gasteiger partial charge is 0.321 e. The molecule has 0 saturated heterocycles. The zero-order valence-electron chi connectivity index (χ0n) is 14.8. The molecule has 142 valence electrons. The van der Waals surface area contributed by atoms with Gasteiger partial charge in [0.1, 0.15) is 5.75 Å². The summed E-state index contributed by atoms with van der Waals surface area (Å²) in [6.45, 7) is 0. The molecule has 0 heterocycles. The van der Waals surface area contributed by atoms with Gasteiger partial charge in [-0.05, 0) is 18.2 Å². The standard InChI is InChI=1S/C19H19ClN2O5/c1-21-19(25)22-18(24)17(12-6-4-3-5-7-12)27-16(23)11-13-10-14(20)8-9-15(13)26-2/h3-10,17H,11H2,1-2H3,(H2,21,22,24,25)/t17-/m1/s1. The molecule has 2 rings (SSSR count). The highest BCUT2D eigenvalue weighted by atomic mass is 35.5. The minimum atomic E-state index is -1.28. The molecule has 0 fully saturated rings. The van der Waals surface area contributed by atoms with Gasteiger partial charge in [0.2, 0.25) is 6.10 Å². The van der Waals surface area contributed by atoms with Gasteiger partial charge in [0, 0.05) is 23.2 Å². The normalized spacial score (nSPS) is 11.2. The Morgan fingerprint density at radius 3 is 2.44 bits per heavy atom. The SMILES string of the molecule is CNC(=O)NC(=O)[C@H](OC(=O)Cc1cc(Cl)ccc1OC)c1ccccc1. The first kappa shape index (κ1) is 20.3. The largest absolute Gasteiger partial charge is 0.496 e. The van der Waals surface area contributed by atoms with Crippen molar-refractivity contribution in [2.75, 3.05) is 14.2 Å². The molecule has 0 unspecified atom stereocenters. The Morgan fingerprint density at radius 2 is 1.81 bits per heavy atom. The van der Waals surface area contributed by atoms with Crippen LogP contribution in [0.2, 0.25) is 5.02 Å². The van der Waals surface area contributed by atoms with Crippen LogP contribution in [0.5, 0.6) is 5.75 Å². The zero-order valence-corrected chi connectivity index (χ0v) is 15.6. The second-order valence-corrected chi connectivity index (χ2v) is 5.92. The van der Waals surface area contributed by atoms with Gasteiger partial charge >= 0.3 is 12.0 Å². The predicted octanol–water partition coefficient (Wildman–Crippen LogP) is 2.63. The Labute approximate surface area is 161 Å². The Hall–Kier alpha value is -3.06. The van der Waals surface area contributed by atoms with Gasteiger partial charge in [-0.25, -0.2) is 4.79 Å². The lowest BCUT2D eigenvalue weighted by Crippen LogP contribution is -2.41. The molecule has 8 heteroatoms. The molecule has 0 aromatic heterocycles.